The van der Waals surface area contributed by atoms with Crippen LogP contribution in [-0.4, -0.2) is 65.9 Å². The van der Waals surface area contributed by atoms with Gasteiger partial charge >= 0.3 is 6.03 Å². The summed E-state index contributed by atoms with van der Waals surface area (Å²) in [4.78, 5) is 45.9. The predicted molar refractivity (Wildman–Crippen MR) is 123 cm³/mol. The fraction of sp³-hybridized carbons (Fsp3) is 0.273. The normalized spacial score (nSPS) is 13.5. The first kappa shape index (κ1) is 22.3. The van der Waals surface area contributed by atoms with Gasteiger partial charge in [-0.1, -0.05) is 23.5 Å². The lowest BCUT2D eigenvalue weighted by Gasteiger charge is -2.34. The molecular weight excluding hydrogens is 446 g/mol. The minimum Gasteiger partial charge on any atom is -0.495 e. The van der Waals surface area contributed by atoms with Crippen LogP contribution in [0.5, 0.6) is 5.75 Å². The molecule has 1 fully saturated rings. The van der Waals surface area contributed by atoms with E-state index in [9.17, 15) is 14.4 Å². The zero-order valence-electron chi connectivity index (χ0n) is 18.2. The Bertz CT molecular complexity index is 1150. The molecule has 0 radical (unpaired) electrons. The number of nitrogens with one attached hydrogen (secondary N) is 2. The molecule has 0 aliphatic carbocycles. The second-order valence-corrected chi connectivity index (χ2v) is 8.27. The first-order chi connectivity index (χ1) is 16.0. The molecule has 4 amide bonds. The van der Waals surface area contributed by atoms with Crippen molar-refractivity contribution in [2.75, 3.05) is 43.9 Å². The van der Waals surface area contributed by atoms with Crippen molar-refractivity contribution in [3.05, 3.63) is 59.0 Å². The minimum absolute atomic E-state index is 0.173. The summed E-state index contributed by atoms with van der Waals surface area (Å²) in [6, 6.07) is 9.85. The van der Waals surface area contributed by atoms with E-state index in [2.05, 4.69) is 15.6 Å². The first-order valence-corrected chi connectivity index (χ1v) is 11.1. The summed E-state index contributed by atoms with van der Waals surface area (Å²) in [6.07, 6.45) is 1.46. The molecule has 1 aliphatic rings. The molecule has 2 N–H and O–H groups in total. The Morgan fingerprint density at radius 1 is 1.00 bits per heavy atom. The van der Waals surface area contributed by atoms with Gasteiger partial charge in [0.05, 0.1) is 24.8 Å². The number of amides is 4. The Hall–Kier alpha value is -3.86. The highest BCUT2D eigenvalue weighted by atomic mass is 32.1. The number of carbonyl (C=O) groups excluding carboxylic acids is 3. The van der Waals surface area contributed by atoms with Gasteiger partial charge in [0.25, 0.3) is 11.8 Å². The van der Waals surface area contributed by atoms with Crippen molar-refractivity contribution in [3.8, 4) is 5.75 Å². The van der Waals surface area contributed by atoms with Crippen molar-refractivity contribution < 1.29 is 23.5 Å². The van der Waals surface area contributed by atoms with Gasteiger partial charge in [0.2, 0.25) is 0 Å². The van der Waals surface area contributed by atoms with Gasteiger partial charge in [-0.05, 0) is 31.2 Å². The number of hydrogen-bond acceptors (Lipinski definition) is 7. The average Bonchev–Trinajstić information content (AvgIpc) is 3.48. The third-order valence-corrected chi connectivity index (χ3v) is 6.21. The van der Waals surface area contributed by atoms with Crippen LogP contribution < -0.4 is 15.4 Å². The lowest BCUT2D eigenvalue weighted by molar-refractivity contribution is 0.0520. The molecule has 4 rings (SSSR count). The number of carbonyl (C=O) groups is 3. The number of aryl methyl sites for hydroxylation is 1. The van der Waals surface area contributed by atoms with E-state index in [-0.39, 0.29) is 17.6 Å². The molecule has 0 bridgehead atoms. The van der Waals surface area contributed by atoms with E-state index in [0.29, 0.717) is 53.3 Å². The molecule has 33 heavy (non-hydrogen) atoms. The Labute approximate surface area is 194 Å². The molecule has 0 saturated carbocycles. The molecule has 0 atom stereocenters. The topological polar surface area (TPSA) is 117 Å². The summed E-state index contributed by atoms with van der Waals surface area (Å²) in [5.74, 6) is 0.459. The van der Waals surface area contributed by atoms with Crippen LogP contribution in [0.2, 0.25) is 0 Å². The van der Waals surface area contributed by atoms with Crippen LogP contribution in [0, 0.1) is 6.92 Å². The molecule has 11 heteroatoms. The van der Waals surface area contributed by atoms with Gasteiger partial charge in [-0.3, -0.25) is 14.9 Å². The number of anilines is 2. The lowest BCUT2D eigenvalue weighted by atomic mass is 10.2. The molecule has 0 spiro atoms. The molecule has 1 aromatic carbocycles. The van der Waals surface area contributed by atoms with Crippen molar-refractivity contribution in [1.29, 1.82) is 0 Å². The number of thiazole rings is 1. The highest BCUT2D eigenvalue weighted by Crippen LogP contribution is 2.26. The molecule has 1 saturated heterocycles. The maximum Gasteiger partial charge on any atom is 0.325 e. The zero-order chi connectivity index (χ0) is 23.4. The van der Waals surface area contributed by atoms with Crippen LogP contribution in [-0.2, 0) is 0 Å². The fourth-order valence-corrected chi connectivity index (χ4v) is 4.39. The molecule has 3 aromatic rings. The average molecular weight is 470 g/mol. The smallest absolute Gasteiger partial charge is 0.325 e. The van der Waals surface area contributed by atoms with Crippen molar-refractivity contribution >= 4 is 40.0 Å². The Morgan fingerprint density at radius 2 is 1.70 bits per heavy atom. The van der Waals surface area contributed by atoms with Crippen LogP contribution in [0.3, 0.4) is 0 Å². The van der Waals surface area contributed by atoms with Crippen LogP contribution >= 0.6 is 11.3 Å². The summed E-state index contributed by atoms with van der Waals surface area (Å²) in [7, 11) is 1.52. The number of nitrogens with zero attached hydrogens (tertiary/aromatic N) is 3. The largest absolute Gasteiger partial charge is 0.495 e. The van der Waals surface area contributed by atoms with E-state index in [0.717, 1.165) is 11.3 Å². The molecule has 2 aromatic heterocycles. The van der Waals surface area contributed by atoms with Crippen molar-refractivity contribution in [2.45, 2.75) is 6.92 Å². The molecule has 172 valence electrons. The molecule has 1 aliphatic heterocycles. The SMILES string of the molecule is COc1ccccc1NC(=O)Nc1nc(C)c(C(=O)N2CCN(C(=O)c3ccco3)CC2)s1. The summed E-state index contributed by atoms with van der Waals surface area (Å²) in [5, 5.41) is 5.69. The zero-order valence-corrected chi connectivity index (χ0v) is 19.0. The van der Waals surface area contributed by atoms with E-state index in [4.69, 9.17) is 9.15 Å². The number of urea groups is 1. The fourth-order valence-electron chi connectivity index (χ4n) is 3.46. The van der Waals surface area contributed by atoms with E-state index >= 15 is 0 Å². The molecule has 10 nitrogen and oxygen atoms in total. The number of hydrogen-bond donors (Lipinski definition) is 2. The van der Waals surface area contributed by atoms with Gasteiger partial charge in [-0.15, -0.1) is 0 Å². The minimum atomic E-state index is -0.489. The molecular formula is C22H23N5O5S. The van der Waals surface area contributed by atoms with E-state index in [1.165, 1.54) is 13.4 Å². The number of rotatable bonds is 5. The quantitative estimate of drug-likeness (QED) is 0.592. The van der Waals surface area contributed by atoms with Crippen LogP contribution in [0.1, 0.15) is 25.9 Å². The van der Waals surface area contributed by atoms with Crippen LogP contribution in [0.25, 0.3) is 0 Å². The van der Waals surface area contributed by atoms with Gasteiger partial charge in [-0.25, -0.2) is 9.78 Å². The van der Waals surface area contributed by atoms with Gasteiger partial charge in [-0.2, -0.15) is 0 Å². The number of benzene rings is 1. The standard InChI is InChI=1S/C22H23N5O5S/c1-14-18(20(29)27-11-9-26(10-12-27)19(28)17-8-5-13-32-17)33-22(23-14)25-21(30)24-15-6-3-4-7-16(15)31-2/h3-8,13H,9-12H2,1-2H3,(H2,23,24,25,30). The number of para-hydroxylation sites is 2. The maximum absolute atomic E-state index is 13.0. The summed E-state index contributed by atoms with van der Waals surface area (Å²) in [5.41, 5.74) is 1.05. The predicted octanol–water partition coefficient (Wildman–Crippen LogP) is 3.30. The second kappa shape index (κ2) is 9.74. The Morgan fingerprint density at radius 3 is 2.36 bits per heavy atom. The van der Waals surface area contributed by atoms with Gasteiger partial charge in [0, 0.05) is 26.2 Å². The second-order valence-electron chi connectivity index (χ2n) is 7.27. The van der Waals surface area contributed by atoms with E-state index < -0.39 is 6.03 Å². The molecule has 3 heterocycles. The van der Waals surface area contributed by atoms with Crippen molar-refractivity contribution in [2.24, 2.45) is 0 Å². The third-order valence-electron chi connectivity index (χ3n) is 5.15. The Kier molecular flexibility index (Phi) is 6.59. The highest BCUT2D eigenvalue weighted by molar-refractivity contribution is 7.17. The highest BCUT2D eigenvalue weighted by Gasteiger charge is 2.28. The number of furan rings is 1. The van der Waals surface area contributed by atoms with E-state index in [1.807, 2.05) is 0 Å². The monoisotopic (exact) mass is 469 g/mol. The number of piperazine rings is 1. The summed E-state index contributed by atoms with van der Waals surface area (Å²) >= 11 is 1.11. The Balaban J connectivity index is 1.35. The maximum atomic E-state index is 13.0. The summed E-state index contributed by atoms with van der Waals surface area (Å²) in [6.45, 7) is 3.36. The van der Waals surface area contributed by atoms with Crippen molar-refractivity contribution in [3.63, 3.8) is 0 Å². The van der Waals surface area contributed by atoms with Crippen LogP contribution in [0.4, 0.5) is 15.6 Å². The van der Waals surface area contributed by atoms with Gasteiger partial charge < -0.3 is 24.3 Å². The molecule has 0 unspecified atom stereocenters. The summed E-state index contributed by atoms with van der Waals surface area (Å²) < 4.78 is 10.4. The lowest BCUT2D eigenvalue weighted by Crippen LogP contribution is -2.50. The first-order valence-electron chi connectivity index (χ1n) is 10.3. The number of aromatic nitrogens is 1. The van der Waals surface area contributed by atoms with Gasteiger partial charge in [0.1, 0.15) is 10.6 Å². The number of ether oxygens (including phenoxy) is 1. The van der Waals surface area contributed by atoms with E-state index in [1.54, 1.807) is 53.1 Å². The van der Waals surface area contributed by atoms with Gasteiger partial charge in [0.15, 0.2) is 10.9 Å². The van der Waals surface area contributed by atoms with Crippen molar-refractivity contribution in [1.82, 2.24) is 14.8 Å². The van der Waals surface area contributed by atoms with Crippen LogP contribution in [0.15, 0.2) is 47.1 Å². The third kappa shape index (κ3) is 4.98. The number of methoxy groups -OCH3 is 1.